The number of hydrogen-bond donors (Lipinski definition) is 2. The summed E-state index contributed by atoms with van der Waals surface area (Å²) in [6.45, 7) is 3.30. The molecule has 0 radical (unpaired) electrons. The second-order valence-corrected chi connectivity index (χ2v) is 9.82. The van der Waals surface area contributed by atoms with E-state index >= 15 is 0 Å². The molecule has 0 aliphatic heterocycles. The van der Waals surface area contributed by atoms with Gasteiger partial charge in [-0.15, -0.1) is 0 Å². The van der Waals surface area contributed by atoms with Crippen molar-refractivity contribution in [2.45, 2.75) is 64.0 Å². The Morgan fingerprint density at radius 2 is 2.03 bits per heavy atom. The molecule has 0 saturated heterocycles. The topological polar surface area (TPSA) is 41.5 Å². The van der Waals surface area contributed by atoms with Crippen molar-refractivity contribution in [3.8, 4) is 11.5 Å². The van der Waals surface area contributed by atoms with Gasteiger partial charge in [0.1, 0.15) is 11.5 Å². The molecule has 2 aromatic rings. The normalized spacial score (nSPS) is 32.9. The Hall–Kier alpha value is -2.00. The summed E-state index contributed by atoms with van der Waals surface area (Å²) >= 11 is 0. The SMILES string of the molecule is COc1ccc2c(c1)CCC1C2CC[C@]2(C)C[C@@H](NCc3ccccc3O)CC12. The highest BCUT2D eigenvalue weighted by Gasteiger charge is 2.52. The highest BCUT2D eigenvalue weighted by molar-refractivity contribution is 5.40. The summed E-state index contributed by atoms with van der Waals surface area (Å²) in [5, 5.41) is 13.9. The number of phenols is 1. The minimum absolute atomic E-state index is 0.404. The smallest absolute Gasteiger partial charge is 0.120 e. The fraction of sp³-hybridized carbons (Fsp3) is 0.538. The van der Waals surface area contributed by atoms with Crippen LogP contribution in [0.2, 0.25) is 0 Å². The quantitative estimate of drug-likeness (QED) is 0.732. The number of phenolic OH excluding ortho intramolecular Hbond substituents is 1. The third kappa shape index (κ3) is 3.34. The number of nitrogens with one attached hydrogen (secondary N) is 1. The second-order valence-electron chi connectivity index (χ2n) is 9.82. The first kappa shape index (κ1) is 19.0. The van der Waals surface area contributed by atoms with Crippen molar-refractivity contribution >= 4 is 0 Å². The van der Waals surface area contributed by atoms with E-state index in [0.29, 0.717) is 17.2 Å². The number of fused-ring (bicyclic) bond motifs is 5. The highest BCUT2D eigenvalue weighted by atomic mass is 16.5. The Labute approximate surface area is 174 Å². The average molecular weight is 392 g/mol. The molecule has 3 aliphatic rings. The van der Waals surface area contributed by atoms with E-state index in [1.165, 1.54) is 44.1 Å². The van der Waals surface area contributed by atoms with Gasteiger partial charge in [-0.3, -0.25) is 0 Å². The van der Waals surface area contributed by atoms with Crippen LogP contribution in [-0.4, -0.2) is 18.3 Å². The van der Waals surface area contributed by atoms with Gasteiger partial charge in [-0.05, 0) is 91.0 Å². The van der Waals surface area contributed by atoms with Crippen molar-refractivity contribution < 1.29 is 9.84 Å². The van der Waals surface area contributed by atoms with Gasteiger partial charge in [0, 0.05) is 18.2 Å². The monoisotopic (exact) mass is 391 g/mol. The molecule has 2 saturated carbocycles. The van der Waals surface area contributed by atoms with E-state index in [4.69, 9.17) is 4.74 Å². The van der Waals surface area contributed by atoms with E-state index in [2.05, 4.69) is 30.4 Å². The molecule has 3 unspecified atom stereocenters. The summed E-state index contributed by atoms with van der Waals surface area (Å²) in [4.78, 5) is 0. The summed E-state index contributed by atoms with van der Waals surface area (Å²) in [6, 6.07) is 15.0. The number of aryl methyl sites for hydroxylation is 1. The van der Waals surface area contributed by atoms with E-state index < -0.39 is 0 Å². The first-order valence-electron chi connectivity index (χ1n) is 11.2. The highest BCUT2D eigenvalue weighted by Crippen LogP contribution is 2.61. The Morgan fingerprint density at radius 3 is 2.86 bits per heavy atom. The molecule has 0 amide bonds. The van der Waals surface area contributed by atoms with Gasteiger partial charge in [-0.2, -0.15) is 0 Å². The summed E-state index contributed by atoms with van der Waals surface area (Å²) < 4.78 is 5.46. The standard InChI is InChI=1S/C26H33NO2/c1-26-12-11-22-21-10-8-20(29-2)13-17(21)7-9-23(22)24(26)14-19(15-26)27-16-18-5-3-4-6-25(18)28/h3-6,8,10,13,19,22-24,27-28H,7,9,11-12,14-16H2,1-2H3/t19-,22?,23?,24?,26+/m0/s1. The van der Waals surface area contributed by atoms with Gasteiger partial charge in [0.2, 0.25) is 0 Å². The van der Waals surface area contributed by atoms with Gasteiger partial charge >= 0.3 is 0 Å². The van der Waals surface area contributed by atoms with Crippen LogP contribution in [0.4, 0.5) is 0 Å². The first-order chi connectivity index (χ1) is 14.1. The number of ether oxygens (including phenoxy) is 1. The van der Waals surface area contributed by atoms with E-state index in [0.717, 1.165) is 35.6 Å². The largest absolute Gasteiger partial charge is 0.508 e. The summed E-state index contributed by atoms with van der Waals surface area (Å²) in [7, 11) is 1.76. The Kier molecular flexibility index (Phi) is 4.82. The van der Waals surface area contributed by atoms with Gasteiger partial charge < -0.3 is 15.2 Å². The second kappa shape index (κ2) is 7.36. The molecule has 5 rings (SSSR count). The Bertz CT molecular complexity index is 894. The van der Waals surface area contributed by atoms with Crippen molar-refractivity contribution in [3.63, 3.8) is 0 Å². The molecule has 29 heavy (non-hydrogen) atoms. The van der Waals surface area contributed by atoms with E-state index in [-0.39, 0.29) is 0 Å². The lowest BCUT2D eigenvalue weighted by atomic mass is 9.56. The molecule has 3 heteroatoms. The summed E-state index contributed by atoms with van der Waals surface area (Å²) in [5.74, 6) is 3.74. The van der Waals surface area contributed by atoms with Crippen LogP contribution in [0.1, 0.15) is 61.6 Å². The maximum atomic E-state index is 10.1. The third-order valence-corrected chi connectivity index (χ3v) is 8.28. The van der Waals surface area contributed by atoms with Gasteiger partial charge in [-0.1, -0.05) is 31.2 Å². The van der Waals surface area contributed by atoms with Crippen molar-refractivity contribution in [1.29, 1.82) is 0 Å². The van der Waals surface area contributed by atoms with Crippen LogP contribution in [0, 0.1) is 17.3 Å². The lowest BCUT2D eigenvalue weighted by Crippen LogP contribution is -2.39. The zero-order valence-corrected chi connectivity index (χ0v) is 17.7. The number of benzene rings is 2. The number of para-hydroxylation sites is 1. The predicted octanol–water partition coefficient (Wildman–Crippen LogP) is 5.42. The summed E-state index contributed by atoms with van der Waals surface area (Å²) in [5.41, 5.74) is 4.57. The first-order valence-corrected chi connectivity index (χ1v) is 11.2. The third-order valence-electron chi connectivity index (χ3n) is 8.28. The van der Waals surface area contributed by atoms with E-state index in [1.807, 2.05) is 18.2 Å². The van der Waals surface area contributed by atoms with Crippen LogP contribution in [0.25, 0.3) is 0 Å². The predicted molar refractivity (Wildman–Crippen MR) is 116 cm³/mol. The summed E-state index contributed by atoms with van der Waals surface area (Å²) in [6.07, 6.45) is 7.70. The lowest BCUT2D eigenvalue weighted by molar-refractivity contribution is 0.0598. The van der Waals surface area contributed by atoms with Crippen molar-refractivity contribution in [1.82, 2.24) is 5.32 Å². The molecule has 0 bridgehead atoms. The Morgan fingerprint density at radius 1 is 1.17 bits per heavy atom. The van der Waals surface area contributed by atoms with Gasteiger partial charge in [0.15, 0.2) is 0 Å². The number of methoxy groups -OCH3 is 1. The van der Waals surface area contributed by atoms with Gasteiger partial charge in [-0.25, -0.2) is 0 Å². The van der Waals surface area contributed by atoms with Crippen LogP contribution < -0.4 is 10.1 Å². The fourth-order valence-electron chi connectivity index (χ4n) is 6.82. The van der Waals surface area contributed by atoms with Crippen molar-refractivity contribution in [2.24, 2.45) is 17.3 Å². The minimum atomic E-state index is 0.404. The minimum Gasteiger partial charge on any atom is -0.508 e. The van der Waals surface area contributed by atoms with Crippen molar-refractivity contribution in [3.05, 3.63) is 59.2 Å². The molecule has 3 aliphatic carbocycles. The number of rotatable bonds is 4. The van der Waals surface area contributed by atoms with Crippen molar-refractivity contribution in [2.75, 3.05) is 7.11 Å². The zero-order valence-electron chi connectivity index (χ0n) is 17.7. The molecular formula is C26H33NO2. The molecular weight excluding hydrogens is 358 g/mol. The molecule has 0 heterocycles. The number of hydrogen-bond acceptors (Lipinski definition) is 3. The van der Waals surface area contributed by atoms with Crippen LogP contribution in [0.5, 0.6) is 11.5 Å². The molecule has 154 valence electrons. The van der Waals surface area contributed by atoms with Crippen LogP contribution in [0.15, 0.2) is 42.5 Å². The molecule has 3 nitrogen and oxygen atoms in total. The van der Waals surface area contributed by atoms with Gasteiger partial charge in [0.05, 0.1) is 7.11 Å². The van der Waals surface area contributed by atoms with Crippen LogP contribution >= 0.6 is 0 Å². The molecule has 2 aromatic carbocycles. The molecule has 2 fully saturated rings. The molecule has 5 atom stereocenters. The lowest BCUT2D eigenvalue weighted by Gasteiger charge is -2.49. The van der Waals surface area contributed by atoms with E-state index in [9.17, 15) is 5.11 Å². The fourth-order valence-corrected chi connectivity index (χ4v) is 6.82. The average Bonchev–Trinajstić information content (AvgIpc) is 3.09. The van der Waals surface area contributed by atoms with Crippen LogP contribution in [0.3, 0.4) is 0 Å². The zero-order chi connectivity index (χ0) is 20.0. The molecule has 0 spiro atoms. The molecule has 2 N–H and O–H groups in total. The van der Waals surface area contributed by atoms with E-state index in [1.54, 1.807) is 18.7 Å². The maximum Gasteiger partial charge on any atom is 0.120 e. The van der Waals surface area contributed by atoms with Gasteiger partial charge in [0.25, 0.3) is 0 Å². The Balaban J connectivity index is 1.31. The molecule has 0 aromatic heterocycles. The number of aromatic hydroxyl groups is 1. The maximum absolute atomic E-state index is 10.1. The van der Waals surface area contributed by atoms with Crippen LogP contribution in [-0.2, 0) is 13.0 Å².